The van der Waals surface area contributed by atoms with Gasteiger partial charge in [0.05, 0.1) is 6.61 Å². The van der Waals surface area contributed by atoms with Gasteiger partial charge in [0.2, 0.25) is 0 Å². The normalized spacial score (nSPS) is 13.1. The van der Waals surface area contributed by atoms with E-state index in [9.17, 15) is 14.2 Å². The van der Waals surface area contributed by atoms with Gasteiger partial charge in [0.25, 0.3) is 0 Å². The average molecular weight is 805 g/mol. The van der Waals surface area contributed by atoms with Crippen molar-refractivity contribution in [3.05, 3.63) is 72.9 Å². The van der Waals surface area contributed by atoms with Crippen molar-refractivity contribution in [3.8, 4) is 0 Å². The topological polar surface area (TPSA) is 119 Å². The maximum atomic E-state index is 12.4. The first-order valence-electron chi connectivity index (χ1n) is 22.2. The van der Waals surface area contributed by atoms with Crippen molar-refractivity contribution in [3.63, 3.8) is 0 Å². The predicted octanol–water partition coefficient (Wildman–Crippen LogP) is 13.9. The minimum absolute atomic E-state index is 0.156. The minimum Gasteiger partial charge on any atom is -0.462 e. The third kappa shape index (κ3) is 44.2. The van der Waals surface area contributed by atoms with Crippen LogP contribution in [0.1, 0.15) is 194 Å². The van der Waals surface area contributed by atoms with Gasteiger partial charge in [0, 0.05) is 12.8 Å². The van der Waals surface area contributed by atoms with E-state index in [-0.39, 0.29) is 19.4 Å². The molecule has 0 aliphatic carbocycles. The van der Waals surface area contributed by atoms with Crippen LogP contribution in [-0.4, -0.2) is 41.0 Å². The summed E-state index contributed by atoms with van der Waals surface area (Å²) in [5.74, 6) is -0.938. The molecule has 0 rings (SSSR count). The van der Waals surface area contributed by atoms with Crippen LogP contribution in [0, 0.1) is 0 Å². The van der Waals surface area contributed by atoms with Crippen LogP contribution >= 0.6 is 7.82 Å². The molecule has 9 heteroatoms. The van der Waals surface area contributed by atoms with Crippen LogP contribution in [0.15, 0.2) is 72.9 Å². The maximum Gasteiger partial charge on any atom is 0.469 e. The fraction of sp³-hybridized carbons (Fsp3) is 0.702. The molecule has 0 saturated carbocycles. The van der Waals surface area contributed by atoms with Crippen LogP contribution in [0.3, 0.4) is 0 Å². The Bertz CT molecular complexity index is 1130. The highest BCUT2D eigenvalue weighted by molar-refractivity contribution is 7.46. The number of carbonyl (C=O) groups excluding carboxylic acids is 2. The number of phosphoric acid groups is 1. The van der Waals surface area contributed by atoms with Crippen LogP contribution in [0.5, 0.6) is 0 Å². The van der Waals surface area contributed by atoms with Gasteiger partial charge in [-0.2, -0.15) is 0 Å². The fourth-order valence-electron chi connectivity index (χ4n) is 5.92. The Morgan fingerprint density at radius 1 is 0.482 bits per heavy atom. The van der Waals surface area contributed by atoms with Gasteiger partial charge >= 0.3 is 19.8 Å². The third-order valence-corrected chi connectivity index (χ3v) is 9.69. The molecule has 1 unspecified atom stereocenters. The van der Waals surface area contributed by atoms with Gasteiger partial charge in [-0.05, 0) is 83.5 Å². The summed E-state index contributed by atoms with van der Waals surface area (Å²) in [5, 5.41) is 0. The molecule has 0 radical (unpaired) electrons. The molecule has 0 aromatic heterocycles. The van der Waals surface area contributed by atoms with Crippen LogP contribution in [0.4, 0.5) is 0 Å². The van der Waals surface area contributed by atoms with Gasteiger partial charge in [-0.3, -0.25) is 14.1 Å². The number of hydrogen-bond donors (Lipinski definition) is 2. The lowest BCUT2D eigenvalue weighted by molar-refractivity contribution is -0.161. The number of rotatable bonds is 40. The molecule has 0 bridgehead atoms. The molecule has 0 aromatic rings. The number of esters is 2. The van der Waals surface area contributed by atoms with Crippen molar-refractivity contribution >= 4 is 19.8 Å². The maximum absolute atomic E-state index is 12.4. The molecule has 0 heterocycles. The summed E-state index contributed by atoms with van der Waals surface area (Å²) in [6.07, 6.45) is 54.9. The molecule has 0 amide bonds. The lowest BCUT2D eigenvalue weighted by atomic mass is 10.0. The molecular weight excluding hydrogens is 723 g/mol. The largest absolute Gasteiger partial charge is 0.469 e. The van der Waals surface area contributed by atoms with E-state index in [4.69, 9.17) is 19.3 Å². The lowest BCUT2D eigenvalue weighted by Gasteiger charge is -2.18. The molecule has 2 N–H and O–H groups in total. The summed E-state index contributed by atoms with van der Waals surface area (Å²) in [7, 11) is -4.77. The Hall–Kier alpha value is -2.51. The Kier molecular flexibility index (Phi) is 40.2. The zero-order valence-electron chi connectivity index (χ0n) is 35.5. The molecular formula is C47H81O8P. The van der Waals surface area contributed by atoms with E-state index in [2.05, 4.69) is 91.3 Å². The first-order chi connectivity index (χ1) is 27.3. The average Bonchev–Trinajstić information content (AvgIpc) is 3.17. The van der Waals surface area contributed by atoms with Gasteiger partial charge in [-0.15, -0.1) is 0 Å². The summed E-state index contributed by atoms with van der Waals surface area (Å²) in [5.41, 5.74) is 0. The smallest absolute Gasteiger partial charge is 0.462 e. The van der Waals surface area contributed by atoms with E-state index in [1.807, 2.05) is 0 Å². The molecule has 322 valence electrons. The van der Waals surface area contributed by atoms with Crippen LogP contribution in [0.2, 0.25) is 0 Å². The number of phosphoric ester groups is 1. The second-order valence-corrected chi connectivity index (χ2v) is 15.9. The molecule has 0 aliphatic rings. The van der Waals surface area contributed by atoms with Gasteiger partial charge in [-0.1, -0.05) is 170 Å². The van der Waals surface area contributed by atoms with Gasteiger partial charge in [-0.25, -0.2) is 4.57 Å². The summed E-state index contributed by atoms with van der Waals surface area (Å²) in [6.45, 7) is 3.53. The van der Waals surface area contributed by atoms with Crippen LogP contribution in [0.25, 0.3) is 0 Å². The minimum atomic E-state index is -4.77. The number of carbonyl (C=O) groups is 2. The van der Waals surface area contributed by atoms with Crippen LogP contribution in [-0.2, 0) is 28.2 Å². The molecule has 0 saturated heterocycles. The van der Waals surface area contributed by atoms with Crippen molar-refractivity contribution in [2.24, 2.45) is 0 Å². The summed E-state index contributed by atoms with van der Waals surface area (Å²) >= 11 is 0. The lowest BCUT2D eigenvalue weighted by Crippen LogP contribution is -2.29. The number of ether oxygens (including phenoxy) is 2. The molecule has 56 heavy (non-hydrogen) atoms. The van der Waals surface area contributed by atoms with E-state index in [0.717, 1.165) is 64.2 Å². The summed E-state index contributed by atoms with van der Waals surface area (Å²) in [6, 6.07) is 0. The second-order valence-electron chi connectivity index (χ2n) is 14.6. The molecule has 0 aromatic carbocycles. The van der Waals surface area contributed by atoms with Crippen molar-refractivity contribution in [2.75, 3.05) is 13.2 Å². The third-order valence-electron chi connectivity index (χ3n) is 9.21. The standard InChI is InChI=1S/C47H81O8P/c1-3-5-7-9-11-13-15-17-19-20-21-22-23-24-25-26-28-29-31-33-35-37-39-41-46(48)53-43-45(44-54-56(50,51)52)55-47(49)42-40-38-36-34-32-30-27-18-16-14-12-10-8-6-4-2/h6,8,12,14-15,17-18,20-21,27,32,34,45H,3-5,7,9-11,13,16,19,22-26,28-31,33,35-44H2,1-2H3,(H2,50,51,52)/b8-6-,14-12-,17-15-,21-20-,27-18-,34-32-. The Labute approximate surface area is 342 Å². The first kappa shape index (κ1) is 53.5. The molecule has 0 aliphatic heterocycles. The van der Waals surface area contributed by atoms with E-state index < -0.39 is 32.5 Å². The van der Waals surface area contributed by atoms with Crippen LogP contribution < -0.4 is 0 Å². The zero-order valence-corrected chi connectivity index (χ0v) is 36.4. The summed E-state index contributed by atoms with van der Waals surface area (Å²) < 4.78 is 26.4. The number of allylic oxidation sites excluding steroid dienone is 12. The SMILES string of the molecule is CC/C=C\C/C=C\C/C=C\C/C=C\CCCCC(=O)OC(COC(=O)CCCCCCCCCCCCC/C=C\C/C=C\CCCCCCC)COP(=O)(O)O. The number of hydrogen-bond acceptors (Lipinski definition) is 6. The Balaban J connectivity index is 3.91. The predicted molar refractivity (Wildman–Crippen MR) is 234 cm³/mol. The summed E-state index contributed by atoms with van der Waals surface area (Å²) in [4.78, 5) is 42.9. The van der Waals surface area contributed by atoms with E-state index in [0.29, 0.717) is 12.8 Å². The molecule has 1 atom stereocenters. The highest BCUT2D eigenvalue weighted by atomic mass is 31.2. The van der Waals surface area contributed by atoms with E-state index in [1.165, 1.54) is 89.9 Å². The van der Waals surface area contributed by atoms with Crippen molar-refractivity contribution in [1.82, 2.24) is 0 Å². The monoisotopic (exact) mass is 805 g/mol. The highest BCUT2D eigenvalue weighted by Crippen LogP contribution is 2.36. The zero-order chi connectivity index (χ0) is 41.1. The molecule has 0 spiro atoms. The van der Waals surface area contributed by atoms with Gasteiger partial charge < -0.3 is 19.3 Å². The molecule has 8 nitrogen and oxygen atoms in total. The van der Waals surface area contributed by atoms with Gasteiger partial charge in [0.15, 0.2) is 6.10 Å². The van der Waals surface area contributed by atoms with Crippen molar-refractivity contribution < 1.29 is 37.9 Å². The van der Waals surface area contributed by atoms with E-state index >= 15 is 0 Å². The Morgan fingerprint density at radius 2 is 0.857 bits per heavy atom. The molecule has 0 fully saturated rings. The quantitative estimate of drug-likeness (QED) is 0.0272. The fourth-order valence-corrected chi connectivity index (χ4v) is 6.28. The van der Waals surface area contributed by atoms with E-state index in [1.54, 1.807) is 0 Å². The number of unbranched alkanes of at least 4 members (excludes halogenated alkanes) is 18. The Morgan fingerprint density at radius 3 is 1.32 bits per heavy atom. The van der Waals surface area contributed by atoms with Crippen molar-refractivity contribution in [1.29, 1.82) is 0 Å². The first-order valence-corrected chi connectivity index (χ1v) is 23.8. The van der Waals surface area contributed by atoms with Gasteiger partial charge in [0.1, 0.15) is 6.61 Å². The van der Waals surface area contributed by atoms with Crippen molar-refractivity contribution in [2.45, 2.75) is 200 Å². The second kappa shape index (κ2) is 42.1. The highest BCUT2D eigenvalue weighted by Gasteiger charge is 2.22.